The van der Waals surface area contributed by atoms with Crippen molar-refractivity contribution in [2.24, 2.45) is 0 Å². The van der Waals surface area contributed by atoms with Gasteiger partial charge >= 0.3 is 0 Å². The Morgan fingerprint density at radius 1 is 1.22 bits per heavy atom. The zero-order valence-electron chi connectivity index (χ0n) is 11.0. The van der Waals surface area contributed by atoms with E-state index >= 15 is 0 Å². The number of rotatable bonds is 3. The highest BCUT2D eigenvalue weighted by Crippen LogP contribution is 2.27. The van der Waals surface area contributed by atoms with Gasteiger partial charge in [0.25, 0.3) is 0 Å². The van der Waals surface area contributed by atoms with Crippen LogP contribution in [0, 0.1) is 6.92 Å². The van der Waals surface area contributed by atoms with Gasteiger partial charge in [-0.2, -0.15) is 5.10 Å². The van der Waals surface area contributed by atoms with Gasteiger partial charge in [0.05, 0.1) is 11.4 Å². The molecule has 0 aliphatic carbocycles. The first-order valence-corrected chi connectivity index (χ1v) is 6.99. The minimum absolute atomic E-state index is 0.798. The summed E-state index contributed by atoms with van der Waals surface area (Å²) in [5.74, 6) is 0. The number of nitrogens with zero attached hydrogens (tertiary/aromatic N) is 2. The number of hydrogen-bond donors (Lipinski definition) is 1. The van der Waals surface area contributed by atoms with Crippen molar-refractivity contribution in [3.63, 3.8) is 0 Å². The number of nitrogens with two attached hydrogens (primary N) is 1. The Bertz CT molecular complexity index is 573. The molecule has 0 saturated carbocycles. The molecular weight excluding hydrogens is 290 g/mol. The second kappa shape index (κ2) is 5.14. The van der Waals surface area contributed by atoms with E-state index in [9.17, 15) is 0 Å². The van der Waals surface area contributed by atoms with E-state index in [-0.39, 0.29) is 0 Å². The van der Waals surface area contributed by atoms with Gasteiger partial charge in [0.1, 0.15) is 0 Å². The maximum absolute atomic E-state index is 5.91. The molecule has 4 heteroatoms. The molecule has 0 atom stereocenters. The first-order chi connectivity index (χ1) is 8.56. The maximum Gasteiger partial charge on any atom is 0.0795 e. The third-order valence-corrected chi connectivity index (χ3v) is 3.76. The average molecular weight is 308 g/mol. The molecule has 0 radical (unpaired) electrons. The SMILES string of the molecule is CCc1cc(CC)n(-c2cc(C)c(N)cc2Br)n1. The Balaban J connectivity index is 2.60. The standard InChI is InChI=1S/C14H18BrN3/c1-4-10-7-11(5-2)18(17-10)14-6-9(3)13(16)8-12(14)15/h6-8H,4-5,16H2,1-3H3. The highest BCUT2D eigenvalue weighted by Gasteiger charge is 2.11. The number of halogens is 1. The van der Waals surface area contributed by atoms with Crippen molar-refractivity contribution in [1.29, 1.82) is 0 Å². The number of aromatic nitrogens is 2. The Labute approximate surface area is 116 Å². The topological polar surface area (TPSA) is 43.8 Å². The zero-order chi connectivity index (χ0) is 13.3. The van der Waals surface area contributed by atoms with Gasteiger partial charge in [0.2, 0.25) is 0 Å². The summed E-state index contributed by atoms with van der Waals surface area (Å²) in [4.78, 5) is 0. The summed E-state index contributed by atoms with van der Waals surface area (Å²) in [6, 6.07) is 6.18. The van der Waals surface area contributed by atoms with Gasteiger partial charge < -0.3 is 5.73 Å². The molecule has 0 unspecified atom stereocenters. The number of benzene rings is 1. The van der Waals surface area contributed by atoms with Crippen molar-refractivity contribution >= 4 is 21.6 Å². The molecule has 96 valence electrons. The van der Waals surface area contributed by atoms with Crippen LogP contribution in [-0.4, -0.2) is 9.78 Å². The predicted octanol–water partition coefficient (Wildman–Crippen LogP) is 3.65. The van der Waals surface area contributed by atoms with E-state index < -0.39 is 0 Å². The molecule has 0 bridgehead atoms. The maximum atomic E-state index is 5.91. The number of hydrogen-bond acceptors (Lipinski definition) is 2. The van der Waals surface area contributed by atoms with E-state index in [0.717, 1.165) is 39.9 Å². The molecular formula is C14H18BrN3. The summed E-state index contributed by atoms with van der Waals surface area (Å²) in [6.45, 7) is 6.28. The van der Waals surface area contributed by atoms with Gasteiger partial charge in [-0.1, -0.05) is 13.8 Å². The lowest BCUT2D eigenvalue weighted by atomic mass is 10.2. The lowest BCUT2D eigenvalue weighted by molar-refractivity contribution is 0.790. The lowest BCUT2D eigenvalue weighted by Crippen LogP contribution is -2.04. The minimum atomic E-state index is 0.798. The van der Waals surface area contributed by atoms with Crippen LogP contribution in [0.1, 0.15) is 30.8 Å². The molecule has 0 fully saturated rings. The molecule has 3 nitrogen and oxygen atoms in total. The molecule has 1 aromatic carbocycles. The van der Waals surface area contributed by atoms with E-state index in [1.807, 2.05) is 17.7 Å². The first-order valence-electron chi connectivity index (χ1n) is 6.20. The molecule has 0 aliphatic heterocycles. The van der Waals surface area contributed by atoms with Crippen LogP contribution in [0.25, 0.3) is 5.69 Å². The molecule has 2 rings (SSSR count). The van der Waals surface area contributed by atoms with E-state index in [1.54, 1.807) is 0 Å². The summed E-state index contributed by atoms with van der Waals surface area (Å²) in [6.07, 6.45) is 1.91. The Morgan fingerprint density at radius 3 is 2.56 bits per heavy atom. The largest absolute Gasteiger partial charge is 0.398 e. The van der Waals surface area contributed by atoms with Gasteiger partial charge in [0, 0.05) is 15.9 Å². The third kappa shape index (κ3) is 2.29. The van der Waals surface area contributed by atoms with Crippen molar-refractivity contribution < 1.29 is 0 Å². The second-order valence-corrected chi connectivity index (χ2v) is 5.26. The van der Waals surface area contributed by atoms with Gasteiger partial charge in [-0.15, -0.1) is 0 Å². The minimum Gasteiger partial charge on any atom is -0.398 e. The van der Waals surface area contributed by atoms with Gasteiger partial charge in [-0.3, -0.25) is 0 Å². The smallest absolute Gasteiger partial charge is 0.0795 e. The molecule has 2 N–H and O–H groups in total. The summed E-state index contributed by atoms with van der Waals surface area (Å²) in [7, 11) is 0. The fraction of sp³-hybridized carbons (Fsp3) is 0.357. The Morgan fingerprint density at radius 2 is 1.94 bits per heavy atom. The highest BCUT2D eigenvalue weighted by molar-refractivity contribution is 9.10. The van der Waals surface area contributed by atoms with Crippen LogP contribution in [0.3, 0.4) is 0 Å². The van der Waals surface area contributed by atoms with Crippen molar-refractivity contribution in [3.05, 3.63) is 39.6 Å². The molecule has 0 amide bonds. The van der Waals surface area contributed by atoms with Gasteiger partial charge in [-0.05, 0) is 59.5 Å². The molecule has 0 saturated heterocycles. The normalized spacial score (nSPS) is 10.9. The summed E-state index contributed by atoms with van der Waals surface area (Å²) in [5, 5.41) is 4.65. The van der Waals surface area contributed by atoms with E-state index in [4.69, 9.17) is 5.73 Å². The second-order valence-electron chi connectivity index (χ2n) is 4.41. The van der Waals surface area contributed by atoms with Crippen LogP contribution >= 0.6 is 15.9 Å². The lowest BCUT2D eigenvalue weighted by Gasteiger charge is -2.11. The molecule has 1 heterocycles. The summed E-state index contributed by atoms with van der Waals surface area (Å²) < 4.78 is 2.99. The quantitative estimate of drug-likeness (QED) is 0.880. The molecule has 1 aromatic heterocycles. The molecule has 2 aromatic rings. The fourth-order valence-electron chi connectivity index (χ4n) is 1.95. The zero-order valence-corrected chi connectivity index (χ0v) is 12.6. The van der Waals surface area contributed by atoms with Gasteiger partial charge in [0.15, 0.2) is 0 Å². The number of nitrogen functional groups attached to an aromatic ring is 1. The molecule has 0 spiro atoms. The van der Waals surface area contributed by atoms with Crippen molar-refractivity contribution in [1.82, 2.24) is 9.78 Å². The van der Waals surface area contributed by atoms with Crippen LogP contribution < -0.4 is 5.73 Å². The average Bonchev–Trinajstić information content (AvgIpc) is 2.77. The van der Waals surface area contributed by atoms with E-state index in [1.165, 1.54) is 5.69 Å². The Kier molecular flexibility index (Phi) is 3.76. The Hall–Kier alpha value is -1.29. The van der Waals surface area contributed by atoms with Crippen LogP contribution in [0.15, 0.2) is 22.7 Å². The summed E-state index contributed by atoms with van der Waals surface area (Å²) in [5.41, 5.74) is 11.2. The van der Waals surface area contributed by atoms with Crippen LogP contribution in [0.2, 0.25) is 0 Å². The number of aryl methyl sites for hydroxylation is 3. The van der Waals surface area contributed by atoms with Crippen molar-refractivity contribution in [3.8, 4) is 5.69 Å². The van der Waals surface area contributed by atoms with Crippen molar-refractivity contribution in [2.45, 2.75) is 33.6 Å². The monoisotopic (exact) mass is 307 g/mol. The van der Waals surface area contributed by atoms with E-state index in [0.29, 0.717) is 0 Å². The van der Waals surface area contributed by atoms with Crippen LogP contribution in [-0.2, 0) is 12.8 Å². The highest BCUT2D eigenvalue weighted by atomic mass is 79.9. The van der Waals surface area contributed by atoms with Crippen molar-refractivity contribution in [2.75, 3.05) is 5.73 Å². The summed E-state index contributed by atoms with van der Waals surface area (Å²) >= 11 is 3.57. The predicted molar refractivity (Wildman–Crippen MR) is 79.2 cm³/mol. The first kappa shape index (κ1) is 13.1. The number of anilines is 1. The van der Waals surface area contributed by atoms with E-state index in [2.05, 4.69) is 47.0 Å². The van der Waals surface area contributed by atoms with Crippen LogP contribution in [0.5, 0.6) is 0 Å². The molecule has 0 aliphatic rings. The van der Waals surface area contributed by atoms with Gasteiger partial charge in [-0.25, -0.2) is 4.68 Å². The van der Waals surface area contributed by atoms with Crippen LogP contribution in [0.4, 0.5) is 5.69 Å². The molecule has 18 heavy (non-hydrogen) atoms. The fourth-order valence-corrected chi connectivity index (χ4v) is 2.48. The third-order valence-electron chi connectivity index (χ3n) is 3.12.